The number of benzene rings is 3. The number of rotatable bonds is 5. The number of aromatic amines is 1. The van der Waals surface area contributed by atoms with Crippen LogP contribution in [0.2, 0.25) is 5.02 Å². The van der Waals surface area contributed by atoms with Gasteiger partial charge in [-0.05, 0) is 47.5 Å². The molecule has 1 aromatic heterocycles. The van der Waals surface area contributed by atoms with Gasteiger partial charge in [0.1, 0.15) is 17.1 Å². The molecule has 1 unspecified atom stereocenters. The Morgan fingerprint density at radius 1 is 1.06 bits per heavy atom. The van der Waals surface area contributed by atoms with Gasteiger partial charge in [-0.25, -0.2) is 0 Å². The summed E-state index contributed by atoms with van der Waals surface area (Å²) in [5, 5.41) is 28.4. The molecule has 0 saturated heterocycles. The van der Waals surface area contributed by atoms with E-state index in [4.69, 9.17) is 16.3 Å². The van der Waals surface area contributed by atoms with E-state index in [1.807, 2.05) is 12.1 Å². The van der Waals surface area contributed by atoms with Crippen LogP contribution in [0.3, 0.4) is 0 Å². The number of halogens is 1. The Morgan fingerprint density at radius 3 is 2.55 bits per heavy atom. The van der Waals surface area contributed by atoms with Crippen LogP contribution in [0.1, 0.15) is 33.2 Å². The van der Waals surface area contributed by atoms with Crippen LogP contribution in [0.25, 0.3) is 11.3 Å². The van der Waals surface area contributed by atoms with Gasteiger partial charge in [0.2, 0.25) is 0 Å². The van der Waals surface area contributed by atoms with Crippen molar-refractivity contribution in [1.29, 1.82) is 0 Å². The summed E-state index contributed by atoms with van der Waals surface area (Å²) in [7, 11) is 1.47. The molecule has 166 valence electrons. The van der Waals surface area contributed by atoms with Crippen LogP contribution >= 0.6 is 11.6 Å². The van der Waals surface area contributed by atoms with Gasteiger partial charge in [-0.1, -0.05) is 41.9 Å². The number of carbonyl (C=O) groups excluding carboxylic acids is 1. The van der Waals surface area contributed by atoms with Crippen molar-refractivity contribution in [3.05, 3.63) is 94.1 Å². The van der Waals surface area contributed by atoms with E-state index in [1.165, 1.54) is 13.2 Å². The molecule has 3 aromatic carbocycles. The number of hydrogen-bond acceptors (Lipinski definition) is 5. The minimum Gasteiger partial charge on any atom is -0.507 e. The Labute approximate surface area is 194 Å². The molecule has 0 aliphatic carbocycles. The van der Waals surface area contributed by atoms with Gasteiger partial charge < -0.3 is 19.8 Å². The predicted molar refractivity (Wildman–Crippen MR) is 124 cm³/mol. The first-order valence-corrected chi connectivity index (χ1v) is 10.6. The van der Waals surface area contributed by atoms with Crippen molar-refractivity contribution in [3.8, 4) is 28.5 Å². The molecule has 3 N–H and O–H groups in total. The molecule has 0 saturated carbocycles. The number of carbonyl (C=O) groups is 1. The highest BCUT2D eigenvalue weighted by Gasteiger charge is 2.42. The summed E-state index contributed by atoms with van der Waals surface area (Å²) in [5.74, 6) is 0.152. The lowest BCUT2D eigenvalue weighted by molar-refractivity contribution is 0.0730. The van der Waals surface area contributed by atoms with Crippen molar-refractivity contribution >= 4 is 17.5 Å². The number of nitrogens with one attached hydrogen (secondary N) is 1. The number of amides is 1. The maximum absolute atomic E-state index is 13.5. The Morgan fingerprint density at radius 2 is 1.82 bits per heavy atom. The molecular weight excluding hydrogens is 442 g/mol. The van der Waals surface area contributed by atoms with Crippen LogP contribution < -0.4 is 4.74 Å². The molecule has 1 amide bonds. The molecule has 0 radical (unpaired) electrons. The van der Waals surface area contributed by atoms with E-state index < -0.39 is 6.04 Å². The molecule has 7 nitrogen and oxygen atoms in total. The molecule has 8 heteroatoms. The first kappa shape index (κ1) is 20.9. The summed E-state index contributed by atoms with van der Waals surface area (Å²) in [6, 6.07) is 18.7. The largest absolute Gasteiger partial charge is 0.507 e. The van der Waals surface area contributed by atoms with E-state index in [-0.39, 0.29) is 17.4 Å². The van der Waals surface area contributed by atoms with Crippen molar-refractivity contribution in [2.45, 2.75) is 12.6 Å². The Bertz CT molecular complexity index is 1350. The fourth-order valence-electron chi connectivity index (χ4n) is 4.24. The summed E-state index contributed by atoms with van der Waals surface area (Å²) in [5.41, 5.74) is 3.68. The van der Waals surface area contributed by atoms with Gasteiger partial charge in [0.15, 0.2) is 11.5 Å². The second-order valence-corrected chi connectivity index (χ2v) is 8.21. The van der Waals surface area contributed by atoms with Crippen molar-refractivity contribution in [1.82, 2.24) is 15.1 Å². The topological polar surface area (TPSA) is 98.7 Å². The number of phenols is 2. The molecule has 33 heavy (non-hydrogen) atoms. The number of methoxy groups -OCH3 is 1. The fraction of sp³-hybridized carbons (Fsp3) is 0.120. The number of hydrogen-bond donors (Lipinski definition) is 3. The minimum atomic E-state index is -0.522. The molecule has 1 aliphatic heterocycles. The third-order valence-corrected chi connectivity index (χ3v) is 6.06. The Hall–Kier alpha value is -3.97. The zero-order valence-corrected chi connectivity index (χ0v) is 18.4. The summed E-state index contributed by atoms with van der Waals surface area (Å²) in [6.45, 7) is 0.326. The van der Waals surface area contributed by atoms with Gasteiger partial charge in [0, 0.05) is 22.7 Å². The molecule has 0 bridgehead atoms. The number of H-pyrrole nitrogens is 1. The molecule has 0 spiro atoms. The predicted octanol–water partition coefficient (Wildman–Crippen LogP) is 4.90. The second-order valence-electron chi connectivity index (χ2n) is 7.77. The molecule has 0 fully saturated rings. The van der Waals surface area contributed by atoms with Crippen LogP contribution in [0, 0.1) is 0 Å². The highest BCUT2D eigenvalue weighted by molar-refractivity contribution is 6.30. The van der Waals surface area contributed by atoms with Crippen molar-refractivity contribution < 1.29 is 19.7 Å². The lowest BCUT2D eigenvalue weighted by Crippen LogP contribution is -2.29. The van der Waals surface area contributed by atoms with Crippen LogP contribution in [0.5, 0.6) is 17.2 Å². The summed E-state index contributed by atoms with van der Waals surface area (Å²) in [6.07, 6.45) is 0. The van der Waals surface area contributed by atoms with Crippen LogP contribution in [0.15, 0.2) is 66.7 Å². The molecule has 2 heterocycles. The quantitative estimate of drug-likeness (QED) is 0.393. The maximum atomic E-state index is 13.5. The first-order valence-electron chi connectivity index (χ1n) is 10.3. The standard InChI is InChI=1S/C25H20ClN3O4/c1-33-20-12-15(8-11-19(20)31)24-21-22(17-4-2-3-5-18(17)30)27-28-23(21)25(32)29(24)13-14-6-9-16(26)10-7-14/h2-12,24,30-31H,13H2,1H3,(H,27,28). The van der Waals surface area contributed by atoms with E-state index in [1.54, 1.807) is 53.4 Å². The summed E-state index contributed by atoms with van der Waals surface area (Å²) < 4.78 is 5.31. The number of fused-ring (bicyclic) bond motifs is 1. The van der Waals surface area contributed by atoms with E-state index >= 15 is 0 Å². The maximum Gasteiger partial charge on any atom is 0.273 e. The summed E-state index contributed by atoms with van der Waals surface area (Å²) >= 11 is 6.03. The zero-order chi connectivity index (χ0) is 23.1. The number of para-hydroxylation sites is 1. The number of aromatic nitrogens is 2. The lowest BCUT2D eigenvalue weighted by Gasteiger charge is -2.27. The number of phenolic OH excluding ortho intramolecular Hbond substituents is 2. The molecule has 1 aliphatic rings. The smallest absolute Gasteiger partial charge is 0.273 e. The molecular formula is C25H20ClN3O4. The molecule has 1 atom stereocenters. The first-order chi connectivity index (χ1) is 16.0. The minimum absolute atomic E-state index is 0.00293. The highest BCUT2D eigenvalue weighted by Crippen LogP contribution is 2.46. The van der Waals surface area contributed by atoms with Gasteiger partial charge in [0.25, 0.3) is 5.91 Å². The van der Waals surface area contributed by atoms with Crippen molar-refractivity contribution in [2.75, 3.05) is 7.11 Å². The van der Waals surface area contributed by atoms with Gasteiger partial charge in [-0.15, -0.1) is 0 Å². The molecule has 5 rings (SSSR count). The van der Waals surface area contributed by atoms with Gasteiger partial charge >= 0.3 is 0 Å². The average molecular weight is 462 g/mol. The third-order valence-electron chi connectivity index (χ3n) is 5.81. The van der Waals surface area contributed by atoms with E-state index in [0.29, 0.717) is 39.8 Å². The number of aromatic hydroxyl groups is 2. The lowest BCUT2D eigenvalue weighted by atomic mass is 9.95. The normalized spacial score (nSPS) is 15.0. The number of ether oxygens (including phenoxy) is 1. The van der Waals surface area contributed by atoms with Gasteiger partial charge in [0.05, 0.1) is 13.2 Å². The van der Waals surface area contributed by atoms with Gasteiger partial charge in [-0.2, -0.15) is 5.10 Å². The Kier molecular flexibility index (Phi) is 5.18. The van der Waals surface area contributed by atoms with Crippen LogP contribution in [-0.4, -0.2) is 38.3 Å². The number of nitrogens with zero attached hydrogens (tertiary/aromatic N) is 2. The highest BCUT2D eigenvalue weighted by atomic mass is 35.5. The fourth-order valence-corrected chi connectivity index (χ4v) is 4.36. The van der Waals surface area contributed by atoms with E-state index in [0.717, 1.165) is 11.1 Å². The second kappa shape index (κ2) is 8.18. The SMILES string of the molecule is COc1cc(C2c3c(-c4ccccc4O)n[nH]c3C(=O)N2Cc2ccc(Cl)cc2)ccc1O. The van der Waals surface area contributed by atoms with Crippen LogP contribution in [-0.2, 0) is 6.54 Å². The summed E-state index contributed by atoms with van der Waals surface area (Å²) in [4.78, 5) is 15.2. The van der Waals surface area contributed by atoms with Gasteiger partial charge in [-0.3, -0.25) is 9.89 Å². The van der Waals surface area contributed by atoms with E-state index in [9.17, 15) is 15.0 Å². The van der Waals surface area contributed by atoms with Crippen molar-refractivity contribution in [2.24, 2.45) is 0 Å². The Balaban J connectivity index is 1.67. The van der Waals surface area contributed by atoms with Crippen molar-refractivity contribution in [3.63, 3.8) is 0 Å². The van der Waals surface area contributed by atoms with Crippen LogP contribution in [0.4, 0.5) is 0 Å². The molecule has 4 aromatic rings. The average Bonchev–Trinajstić information content (AvgIpc) is 3.35. The zero-order valence-electron chi connectivity index (χ0n) is 17.6. The monoisotopic (exact) mass is 461 g/mol. The third kappa shape index (κ3) is 3.56. The van der Waals surface area contributed by atoms with E-state index in [2.05, 4.69) is 10.2 Å².